The van der Waals surface area contributed by atoms with Crippen LogP contribution in [0.5, 0.6) is 17.2 Å². The van der Waals surface area contributed by atoms with Crippen molar-refractivity contribution in [1.29, 1.82) is 0 Å². The quantitative estimate of drug-likeness (QED) is 0.225. The molecule has 3 aromatic rings. The van der Waals surface area contributed by atoms with E-state index in [-0.39, 0.29) is 18.2 Å². The molecule has 3 aromatic carbocycles. The number of carbonyl (C=O) groups is 2. The lowest BCUT2D eigenvalue weighted by molar-refractivity contribution is -0.129. The van der Waals surface area contributed by atoms with Gasteiger partial charge < -0.3 is 19.5 Å². The highest BCUT2D eigenvalue weighted by molar-refractivity contribution is 8.15. The lowest BCUT2D eigenvalue weighted by Gasteiger charge is -2.32. The molecule has 2 amide bonds. The molecule has 1 unspecified atom stereocenters. The van der Waals surface area contributed by atoms with Gasteiger partial charge in [-0.3, -0.25) is 14.5 Å². The number of hydrogen-bond acceptors (Lipinski definition) is 7. The lowest BCUT2D eigenvalue weighted by Crippen LogP contribution is -2.44. The van der Waals surface area contributed by atoms with Crippen molar-refractivity contribution in [2.24, 2.45) is 4.99 Å². The van der Waals surface area contributed by atoms with Crippen LogP contribution in [0.3, 0.4) is 0 Å². The third-order valence-corrected chi connectivity index (χ3v) is 7.81. The number of unbranched alkanes of at least 4 members (excludes halogenated alkanes) is 3. The summed E-state index contributed by atoms with van der Waals surface area (Å²) in [6, 6.07) is 22.1. The van der Waals surface area contributed by atoms with Gasteiger partial charge in [-0.05, 0) is 72.6 Å². The molecule has 0 radical (unpaired) electrons. The lowest BCUT2D eigenvalue weighted by atomic mass is 10.2. The van der Waals surface area contributed by atoms with E-state index in [0.717, 1.165) is 29.9 Å². The molecule has 9 heteroatoms. The van der Waals surface area contributed by atoms with Gasteiger partial charge in [0, 0.05) is 12.1 Å². The second-order valence-electron chi connectivity index (χ2n) is 9.65. The molecule has 1 heterocycles. The first kappa shape index (κ1) is 30.0. The van der Waals surface area contributed by atoms with E-state index >= 15 is 0 Å². The fraction of sp³-hybridized carbons (Fsp3) is 0.344. The summed E-state index contributed by atoms with van der Waals surface area (Å²) in [4.78, 5) is 33.1. The van der Waals surface area contributed by atoms with Gasteiger partial charge in [0.05, 0.1) is 33.1 Å². The molecule has 0 bridgehead atoms. The fourth-order valence-electron chi connectivity index (χ4n) is 4.25. The molecular formula is C32H37N3O5S. The molecule has 0 aliphatic carbocycles. The predicted molar refractivity (Wildman–Crippen MR) is 164 cm³/mol. The highest BCUT2D eigenvalue weighted by Crippen LogP contribution is 2.32. The number of amides is 2. The number of benzene rings is 3. The molecule has 1 fully saturated rings. The maximum absolute atomic E-state index is 13.4. The van der Waals surface area contributed by atoms with Crippen molar-refractivity contribution in [3.63, 3.8) is 0 Å². The zero-order chi connectivity index (χ0) is 29.0. The van der Waals surface area contributed by atoms with Crippen LogP contribution in [0.1, 0.15) is 44.6 Å². The Morgan fingerprint density at radius 1 is 0.902 bits per heavy atom. The van der Waals surface area contributed by atoms with Crippen molar-refractivity contribution in [3.8, 4) is 17.2 Å². The smallest absolute Gasteiger partial charge is 0.238 e. The normalized spacial score (nSPS) is 16.0. The summed E-state index contributed by atoms with van der Waals surface area (Å²) in [6.45, 7) is 3.19. The number of carbonyl (C=O) groups excluding carboxylic acids is 2. The minimum atomic E-state index is -0.624. The second-order valence-corrected chi connectivity index (χ2v) is 10.8. The van der Waals surface area contributed by atoms with Crippen molar-refractivity contribution >= 4 is 40.1 Å². The van der Waals surface area contributed by atoms with E-state index in [4.69, 9.17) is 19.2 Å². The van der Waals surface area contributed by atoms with E-state index in [1.807, 2.05) is 72.8 Å². The summed E-state index contributed by atoms with van der Waals surface area (Å²) < 4.78 is 16.3. The topological polar surface area (TPSA) is 89.5 Å². The third kappa shape index (κ3) is 8.75. The summed E-state index contributed by atoms with van der Waals surface area (Å²) in [6.07, 6.45) is 4.64. The molecule has 41 heavy (non-hydrogen) atoms. The van der Waals surface area contributed by atoms with Gasteiger partial charge in [-0.2, -0.15) is 0 Å². The summed E-state index contributed by atoms with van der Waals surface area (Å²) in [5.74, 6) is 1.80. The molecule has 0 aromatic heterocycles. The molecule has 4 rings (SSSR count). The number of ether oxygens (including phenoxy) is 3. The number of nitrogens with zero attached hydrogens (tertiary/aromatic N) is 2. The van der Waals surface area contributed by atoms with E-state index < -0.39 is 5.25 Å². The van der Waals surface area contributed by atoms with Crippen LogP contribution in [0.25, 0.3) is 0 Å². The first-order chi connectivity index (χ1) is 20.0. The molecule has 1 N–H and O–H groups in total. The summed E-state index contributed by atoms with van der Waals surface area (Å²) in [5, 5.41) is 2.79. The van der Waals surface area contributed by atoms with Crippen LogP contribution < -0.4 is 19.5 Å². The number of amidine groups is 1. The molecule has 0 saturated carbocycles. The second kappa shape index (κ2) is 15.1. The minimum Gasteiger partial charge on any atom is -0.497 e. The van der Waals surface area contributed by atoms with Gasteiger partial charge in [0.15, 0.2) is 5.17 Å². The average Bonchev–Trinajstić information content (AvgIpc) is 3.00. The first-order valence-electron chi connectivity index (χ1n) is 13.9. The van der Waals surface area contributed by atoms with Crippen LogP contribution in [0.2, 0.25) is 0 Å². The largest absolute Gasteiger partial charge is 0.497 e. The first-order valence-corrected chi connectivity index (χ1v) is 14.7. The van der Waals surface area contributed by atoms with Crippen LogP contribution in [0, 0.1) is 0 Å². The maximum Gasteiger partial charge on any atom is 0.238 e. The van der Waals surface area contributed by atoms with Crippen molar-refractivity contribution in [2.45, 2.75) is 50.8 Å². The van der Waals surface area contributed by atoms with Gasteiger partial charge in [-0.1, -0.05) is 50.1 Å². The van der Waals surface area contributed by atoms with Crippen LogP contribution in [-0.4, -0.2) is 48.0 Å². The Bertz CT molecular complexity index is 1310. The third-order valence-electron chi connectivity index (χ3n) is 6.62. The Morgan fingerprint density at radius 2 is 1.54 bits per heavy atom. The van der Waals surface area contributed by atoms with Gasteiger partial charge in [0.2, 0.25) is 11.8 Å². The summed E-state index contributed by atoms with van der Waals surface area (Å²) in [7, 11) is 3.22. The van der Waals surface area contributed by atoms with E-state index in [0.29, 0.717) is 35.4 Å². The van der Waals surface area contributed by atoms with E-state index in [1.54, 1.807) is 19.1 Å². The SMILES string of the molecule is CCCCCCOc1ccc(NC(=O)C2CC(=O)N(Cc3ccc(OC)cc3)C(=Nc3ccc(OC)cc3)S2)cc1. The van der Waals surface area contributed by atoms with Crippen LogP contribution in [0.4, 0.5) is 11.4 Å². The predicted octanol–water partition coefficient (Wildman–Crippen LogP) is 6.82. The zero-order valence-corrected chi connectivity index (χ0v) is 24.6. The molecule has 8 nitrogen and oxygen atoms in total. The highest BCUT2D eigenvalue weighted by Gasteiger charge is 2.36. The Kier molecular flexibility index (Phi) is 11.1. The number of anilines is 1. The zero-order valence-electron chi connectivity index (χ0n) is 23.8. The number of hydrogen-bond donors (Lipinski definition) is 1. The van der Waals surface area contributed by atoms with Crippen molar-refractivity contribution in [2.75, 3.05) is 26.1 Å². The van der Waals surface area contributed by atoms with E-state index in [9.17, 15) is 9.59 Å². The number of methoxy groups -OCH3 is 2. The van der Waals surface area contributed by atoms with Gasteiger partial charge in [0.1, 0.15) is 22.5 Å². The van der Waals surface area contributed by atoms with Crippen molar-refractivity contribution in [3.05, 3.63) is 78.4 Å². The summed E-state index contributed by atoms with van der Waals surface area (Å²) in [5.41, 5.74) is 2.24. The van der Waals surface area contributed by atoms with Crippen LogP contribution in [0.15, 0.2) is 77.8 Å². The summed E-state index contributed by atoms with van der Waals surface area (Å²) >= 11 is 1.29. The highest BCUT2D eigenvalue weighted by atomic mass is 32.2. The number of rotatable bonds is 13. The molecule has 1 aliphatic rings. The Labute approximate surface area is 246 Å². The number of nitrogens with one attached hydrogen (secondary N) is 1. The van der Waals surface area contributed by atoms with Gasteiger partial charge in [-0.25, -0.2) is 4.99 Å². The average molecular weight is 576 g/mol. The van der Waals surface area contributed by atoms with Crippen molar-refractivity contribution < 1.29 is 23.8 Å². The van der Waals surface area contributed by atoms with Crippen LogP contribution >= 0.6 is 11.8 Å². The number of thioether (sulfide) groups is 1. The molecular weight excluding hydrogens is 538 g/mol. The standard InChI is InChI=1S/C32H37N3O5S/c1-4-5-6-7-20-40-28-18-12-24(13-19-28)33-31(37)29-21-30(36)35(22-23-8-14-26(38-2)15-9-23)32(41-29)34-25-10-16-27(39-3)17-11-25/h8-19,29H,4-7,20-22H2,1-3H3,(H,33,37). The Morgan fingerprint density at radius 3 is 2.17 bits per heavy atom. The molecule has 1 aliphatic heterocycles. The monoisotopic (exact) mass is 575 g/mol. The molecule has 1 atom stereocenters. The molecule has 216 valence electrons. The molecule has 0 spiro atoms. The van der Waals surface area contributed by atoms with E-state index in [2.05, 4.69) is 12.2 Å². The maximum atomic E-state index is 13.4. The minimum absolute atomic E-state index is 0.0627. The van der Waals surface area contributed by atoms with Gasteiger partial charge in [0.25, 0.3) is 0 Å². The van der Waals surface area contributed by atoms with Gasteiger partial charge in [-0.15, -0.1) is 0 Å². The van der Waals surface area contributed by atoms with Crippen molar-refractivity contribution in [1.82, 2.24) is 4.90 Å². The van der Waals surface area contributed by atoms with Crippen LogP contribution in [-0.2, 0) is 16.1 Å². The Balaban J connectivity index is 1.45. The Hall–Kier alpha value is -3.98. The van der Waals surface area contributed by atoms with E-state index in [1.165, 1.54) is 24.6 Å². The van der Waals surface area contributed by atoms with Gasteiger partial charge >= 0.3 is 0 Å². The fourth-order valence-corrected chi connectivity index (χ4v) is 5.35. The number of aliphatic imine (C=N–C) groups is 1. The molecule has 1 saturated heterocycles.